The van der Waals surface area contributed by atoms with Crippen LogP contribution in [0.5, 0.6) is 11.5 Å². The molecule has 0 aliphatic rings. The van der Waals surface area contributed by atoms with Gasteiger partial charge in [-0.1, -0.05) is 0 Å². The van der Waals surface area contributed by atoms with Crippen LogP contribution in [-0.2, 0) is 0 Å². The molecule has 0 amide bonds. The van der Waals surface area contributed by atoms with Crippen molar-refractivity contribution in [2.45, 2.75) is 13.8 Å². The summed E-state index contributed by atoms with van der Waals surface area (Å²) < 4.78 is 10.8. The molecule has 0 fully saturated rings. The van der Waals surface area contributed by atoms with Crippen LogP contribution in [0.15, 0.2) is 48.5 Å². The van der Waals surface area contributed by atoms with E-state index in [0.717, 1.165) is 22.9 Å². The Morgan fingerprint density at radius 2 is 1.08 bits per heavy atom. The van der Waals surface area contributed by atoms with Gasteiger partial charge in [0.15, 0.2) is 5.11 Å². The topological polar surface area (TPSA) is 42.5 Å². The molecular weight excluding hydrogens is 342 g/mol. The normalized spacial score (nSPS) is 9.08. The first-order chi connectivity index (χ1) is 10.7. The molecule has 2 N–H and O–H groups in total. The van der Waals surface area contributed by atoms with Crippen molar-refractivity contribution in [2.75, 3.05) is 23.8 Å². The van der Waals surface area contributed by atoms with Gasteiger partial charge < -0.3 is 20.1 Å². The van der Waals surface area contributed by atoms with Crippen molar-refractivity contribution >= 4 is 87.8 Å². The molecule has 7 heteroatoms. The van der Waals surface area contributed by atoms with Gasteiger partial charge in [0.2, 0.25) is 0 Å². The van der Waals surface area contributed by atoms with Crippen molar-refractivity contribution in [3.05, 3.63) is 48.5 Å². The predicted molar refractivity (Wildman–Crippen MR) is 109 cm³/mol. The Labute approximate surface area is 193 Å². The van der Waals surface area contributed by atoms with Gasteiger partial charge in [0.1, 0.15) is 11.5 Å². The average molecular weight is 364 g/mol. The van der Waals surface area contributed by atoms with Crippen molar-refractivity contribution < 1.29 is 9.47 Å². The second-order valence-electron chi connectivity index (χ2n) is 4.49. The van der Waals surface area contributed by atoms with E-state index in [4.69, 9.17) is 21.7 Å². The maximum atomic E-state index is 5.40. The van der Waals surface area contributed by atoms with Gasteiger partial charge in [-0.05, 0) is 74.6 Å². The van der Waals surface area contributed by atoms with Crippen molar-refractivity contribution in [2.24, 2.45) is 0 Å². The number of ether oxygens (including phenoxy) is 2. The summed E-state index contributed by atoms with van der Waals surface area (Å²) in [5.41, 5.74) is 1.82. The van der Waals surface area contributed by atoms with Gasteiger partial charge in [-0.25, -0.2) is 0 Å². The van der Waals surface area contributed by atoms with Crippen molar-refractivity contribution in [1.29, 1.82) is 0 Å². The molecule has 2 aromatic carbocycles. The number of nitrogens with one attached hydrogen (secondary N) is 2. The second-order valence-corrected chi connectivity index (χ2v) is 4.90. The van der Waals surface area contributed by atoms with E-state index in [2.05, 4.69) is 10.6 Å². The summed E-state index contributed by atoms with van der Waals surface area (Å²) in [5, 5.41) is 6.80. The zero-order chi connectivity index (χ0) is 15.8. The number of rotatable bonds is 6. The van der Waals surface area contributed by atoms with Gasteiger partial charge >= 0.3 is 59.1 Å². The summed E-state index contributed by atoms with van der Waals surface area (Å²) in [7, 11) is 0. The summed E-state index contributed by atoms with van der Waals surface area (Å²) in [6.07, 6.45) is 0. The zero-order valence-corrected chi connectivity index (χ0v) is 13.6. The summed E-state index contributed by atoms with van der Waals surface area (Å²) >= 11 is 5.30. The number of hydrogen-bond acceptors (Lipinski definition) is 3. The third kappa shape index (κ3) is 8.21. The molecule has 0 bridgehead atoms. The van der Waals surface area contributed by atoms with Gasteiger partial charge in [0, 0.05) is 11.4 Å². The average Bonchev–Trinajstić information content (AvgIpc) is 2.52. The number of hydrogen-bond donors (Lipinski definition) is 2. The van der Waals surface area contributed by atoms with Crippen molar-refractivity contribution in [3.8, 4) is 11.5 Å². The SMILES string of the molecule is CCOc1ccc(NC(=S)Nc2ccc(OCC)cc2)cc1.[NaH].[NaH]. The van der Waals surface area contributed by atoms with Gasteiger partial charge in [0.25, 0.3) is 0 Å². The molecule has 0 radical (unpaired) electrons. The van der Waals surface area contributed by atoms with E-state index in [1.807, 2.05) is 62.4 Å². The molecule has 0 saturated carbocycles. The minimum atomic E-state index is 0. The molecule has 0 aliphatic heterocycles. The molecule has 24 heavy (non-hydrogen) atoms. The monoisotopic (exact) mass is 364 g/mol. The Balaban J connectivity index is 0.00000264. The van der Waals surface area contributed by atoms with Crippen LogP contribution in [0.2, 0.25) is 0 Å². The fourth-order valence-electron chi connectivity index (χ4n) is 1.90. The van der Waals surface area contributed by atoms with Crippen LogP contribution >= 0.6 is 12.2 Å². The van der Waals surface area contributed by atoms with E-state index in [1.165, 1.54) is 0 Å². The first-order valence-corrected chi connectivity index (χ1v) is 7.65. The molecule has 0 unspecified atom stereocenters. The summed E-state index contributed by atoms with van der Waals surface area (Å²) in [4.78, 5) is 0. The van der Waals surface area contributed by atoms with Crippen LogP contribution in [0, 0.1) is 0 Å². The molecule has 2 rings (SSSR count). The van der Waals surface area contributed by atoms with Gasteiger partial charge in [-0.3, -0.25) is 0 Å². The van der Waals surface area contributed by atoms with E-state index in [-0.39, 0.29) is 59.1 Å². The molecule has 0 aromatic heterocycles. The molecule has 0 spiro atoms. The Morgan fingerprint density at radius 3 is 1.38 bits per heavy atom. The number of benzene rings is 2. The Morgan fingerprint density at radius 1 is 0.750 bits per heavy atom. The number of thiocarbonyl (C=S) groups is 1. The Kier molecular flexibility index (Phi) is 12.9. The van der Waals surface area contributed by atoms with E-state index < -0.39 is 0 Å². The molecular formula is C17H22N2Na2O2S. The Bertz CT molecular complexity index is 553. The van der Waals surface area contributed by atoms with Gasteiger partial charge in [0.05, 0.1) is 13.2 Å². The van der Waals surface area contributed by atoms with E-state index >= 15 is 0 Å². The third-order valence-corrected chi connectivity index (χ3v) is 3.05. The number of anilines is 2. The molecule has 0 atom stereocenters. The summed E-state index contributed by atoms with van der Waals surface area (Å²) in [6.45, 7) is 5.24. The molecule has 2 aromatic rings. The second kappa shape index (κ2) is 13.0. The fourth-order valence-corrected chi connectivity index (χ4v) is 2.13. The summed E-state index contributed by atoms with van der Waals surface area (Å²) in [6, 6.07) is 15.3. The minimum absolute atomic E-state index is 0. The van der Waals surface area contributed by atoms with Crippen molar-refractivity contribution in [1.82, 2.24) is 0 Å². The Hall–Kier alpha value is -0.270. The van der Waals surface area contributed by atoms with Crippen LogP contribution in [0.3, 0.4) is 0 Å². The third-order valence-electron chi connectivity index (χ3n) is 2.85. The molecule has 0 aliphatic carbocycles. The van der Waals surface area contributed by atoms with Crippen LogP contribution < -0.4 is 20.1 Å². The molecule has 4 nitrogen and oxygen atoms in total. The van der Waals surface area contributed by atoms with Crippen LogP contribution in [0.1, 0.15) is 13.8 Å². The summed E-state index contributed by atoms with van der Waals surface area (Å²) in [5.74, 6) is 1.69. The zero-order valence-electron chi connectivity index (χ0n) is 12.8. The standard InChI is InChI=1S/C17H20N2O2S.2Na.2H/c1-3-20-15-9-5-13(6-10-15)18-17(22)19-14-7-11-16(12-8-14)21-4-2;;;;/h5-12H,3-4H2,1-2H3,(H2,18,19,22);;;;. The van der Waals surface area contributed by atoms with Crippen LogP contribution in [0.4, 0.5) is 11.4 Å². The van der Waals surface area contributed by atoms with Crippen LogP contribution in [-0.4, -0.2) is 77.4 Å². The molecule has 120 valence electrons. The van der Waals surface area contributed by atoms with Gasteiger partial charge in [-0.15, -0.1) is 0 Å². The van der Waals surface area contributed by atoms with Crippen LogP contribution in [0.25, 0.3) is 0 Å². The maximum absolute atomic E-state index is 5.40. The predicted octanol–water partition coefficient (Wildman–Crippen LogP) is 3.00. The first-order valence-electron chi connectivity index (χ1n) is 7.25. The van der Waals surface area contributed by atoms with E-state index in [0.29, 0.717) is 18.3 Å². The van der Waals surface area contributed by atoms with E-state index in [1.54, 1.807) is 0 Å². The first kappa shape index (κ1) is 23.7. The quantitative estimate of drug-likeness (QED) is 0.609. The fraction of sp³-hybridized carbons (Fsp3) is 0.235. The van der Waals surface area contributed by atoms with Crippen molar-refractivity contribution in [3.63, 3.8) is 0 Å². The van der Waals surface area contributed by atoms with Gasteiger partial charge in [-0.2, -0.15) is 0 Å². The van der Waals surface area contributed by atoms with E-state index in [9.17, 15) is 0 Å². The molecule has 0 heterocycles. The molecule has 0 saturated heterocycles.